The molecule has 0 unspecified atom stereocenters. The molecule has 0 saturated carbocycles. The van der Waals surface area contributed by atoms with Gasteiger partial charge in [0.1, 0.15) is 5.75 Å². The molecule has 0 aliphatic carbocycles. The summed E-state index contributed by atoms with van der Waals surface area (Å²) in [6.07, 6.45) is 1.87. The van der Waals surface area contributed by atoms with Crippen LogP contribution in [-0.4, -0.2) is 69.9 Å². The Bertz CT molecular complexity index is 1140. The number of amides is 2. The molecule has 2 aromatic carbocycles. The quantitative estimate of drug-likeness (QED) is 0.563. The summed E-state index contributed by atoms with van der Waals surface area (Å²) < 4.78 is 6.88. The fraction of sp³-hybridized carbons (Fsp3) is 0.385. The molecule has 2 heterocycles. The van der Waals surface area contributed by atoms with Gasteiger partial charge in [-0.3, -0.25) is 9.59 Å². The predicted molar refractivity (Wildman–Crippen MR) is 129 cm³/mol. The van der Waals surface area contributed by atoms with Crippen molar-refractivity contribution in [3.8, 4) is 11.4 Å². The van der Waals surface area contributed by atoms with Gasteiger partial charge in [0.2, 0.25) is 5.91 Å². The minimum absolute atomic E-state index is 0.117. The average Bonchev–Trinajstić information content (AvgIpc) is 3.07. The number of ether oxygens (including phenoxy) is 1. The molecular formula is C26H31N5O3. The maximum atomic E-state index is 13.2. The lowest BCUT2D eigenvalue weighted by atomic mass is 10.1. The summed E-state index contributed by atoms with van der Waals surface area (Å²) in [6.45, 7) is 6.15. The molecule has 34 heavy (non-hydrogen) atoms. The molecule has 1 aliphatic rings. The average molecular weight is 462 g/mol. The van der Waals surface area contributed by atoms with Gasteiger partial charge in [-0.2, -0.15) is 0 Å². The summed E-state index contributed by atoms with van der Waals surface area (Å²) >= 11 is 0. The third kappa shape index (κ3) is 5.27. The number of aromatic nitrogens is 3. The van der Waals surface area contributed by atoms with Gasteiger partial charge in [-0.05, 0) is 56.5 Å². The monoisotopic (exact) mass is 461 g/mol. The van der Waals surface area contributed by atoms with E-state index in [4.69, 9.17) is 4.74 Å². The SMILES string of the molecule is COc1ccc(CCC(=O)N2CCCN(C(=O)c3nnn(-c4ccc(C)cc4)c3C)CC2)cc1. The van der Waals surface area contributed by atoms with Gasteiger partial charge in [0.05, 0.1) is 18.5 Å². The van der Waals surface area contributed by atoms with Crippen LogP contribution in [0.15, 0.2) is 48.5 Å². The molecule has 1 fully saturated rings. The van der Waals surface area contributed by atoms with Gasteiger partial charge < -0.3 is 14.5 Å². The van der Waals surface area contributed by atoms with E-state index in [2.05, 4.69) is 10.3 Å². The smallest absolute Gasteiger partial charge is 0.276 e. The van der Waals surface area contributed by atoms with Crippen LogP contribution < -0.4 is 4.74 Å². The van der Waals surface area contributed by atoms with Crippen molar-refractivity contribution in [2.45, 2.75) is 33.1 Å². The second-order valence-electron chi connectivity index (χ2n) is 8.65. The number of nitrogens with zero attached hydrogens (tertiary/aromatic N) is 5. The van der Waals surface area contributed by atoms with Crippen molar-refractivity contribution >= 4 is 11.8 Å². The standard InChI is InChI=1S/C26H31N5O3/c1-19-5-10-22(11-6-19)31-20(2)25(27-28-31)26(33)30-16-4-15-29(17-18-30)24(32)14-9-21-7-12-23(34-3)13-8-21/h5-8,10-13H,4,9,14-18H2,1-3H3. The molecule has 3 aromatic rings. The van der Waals surface area contributed by atoms with E-state index in [1.807, 2.05) is 67.3 Å². The minimum Gasteiger partial charge on any atom is -0.497 e. The zero-order valence-electron chi connectivity index (χ0n) is 20.0. The molecule has 1 aliphatic heterocycles. The van der Waals surface area contributed by atoms with Crippen molar-refractivity contribution < 1.29 is 14.3 Å². The maximum absolute atomic E-state index is 13.2. The number of carbonyl (C=O) groups excluding carboxylic acids is 2. The number of aryl methyl sites for hydroxylation is 2. The molecule has 1 aromatic heterocycles. The Hall–Kier alpha value is -3.68. The van der Waals surface area contributed by atoms with E-state index in [0.29, 0.717) is 50.4 Å². The van der Waals surface area contributed by atoms with Crippen LogP contribution in [0.5, 0.6) is 5.75 Å². The van der Waals surface area contributed by atoms with E-state index >= 15 is 0 Å². The molecule has 0 bridgehead atoms. The largest absolute Gasteiger partial charge is 0.497 e. The van der Waals surface area contributed by atoms with Gasteiger partial charge in [0.15, 0.2) is 5.69 Å². The number of hydrogen-bond acceptors (Lipinski definition) is 5. The number of benzene rings is 2. The summed E-state index contributed by atoms with van der Waals surface area (Å²) in [7, 11) is 1.64. The topological polar surface area (TPSA) is 80.6 Å². The molecule has 1 saturated heterocycles. The van der Waals surface area contributed by atoms with Crippen LogP contribution in [0, 0.1) is 13.8 Å². The lowest BCUT2D eigenvalue weighted by Gasteiger charge is -2.22. The lowest BCUT2D eigenvalue weighted by molar-refractivity contribution is -0.131. The summed E-state index contributed by atoms with van der Waals surface area (Å²) in [6, 6.07) is 15.7. The highest BCUT2D eigenvalue weighted by Crippen LogP contribution is 2.17. The van der Waals surface area contributed by atoms with E-state index in [1.54, 1.807) is 16.7 Å². The molecule has 4 rings (SSSR count). The minimum atomic E-state index is -0.136. The van der Waals surface area contributed by atoms with E-state index in [9.17, 15) is 9.59 Å². The molecule has 8 heteroatoms. The Labute approximate surface area is 200 Å². The van der Waals surface area contributed by atoms with Crippen LogP contribution in [0.25, 0.3) is 5.69 Å². The van der Waals surface area contributed by atoms with Crippen LogP contribution in [-0.2, 0) is 11.2 Å². The highest BCUT2D eigenvalue weighted by atomic mass is 16.5. The van der Waals surface area contributed by atoms with Crippen LogP contribution >= 0.6 is 0 Å². The lowest BCUT2D eigenvalue weighted by Crippen LogP contribution is -2.37. The highest BCUT2D eigenvalue weighted by Gasteiger charge is 2.26. The van der Waals surface area contributed by atoms with Crippen molar-refractivity contribution in [3.63, 3.8) is 0 Å². The molecule has 0 radical (unpaired) electrons. The predicted octanol–water partition coefficient (Wildman–Crippen LogP) is 3.20. The van der Waals surface area contributed by atoms with Crippen molar-refractivity contribution in [2.24, 2.45) is 0 Å². The summed E-state index contributed by atoms with van der Waals surface area (Å²) in [5.41, 5.74) is 4.21. The molecule has 0 N–H and O–H groups in total. The van der Waals surface area contributed by atoms with Crippen molar-refractivity contribution in [3.05, 3.63) is 71.0 Å². The molecule has 0 spiro atoms. The first-order valence-electron chi connectivity index (χ1n) is 11.7. The summed E-state index contributed by atoms with van der Waals surface area (Å²) in [5, 5.41) is 8.39. The normalized spacial score (nSPS) is 14.1. The van der Waals surface area contributed by atoms with E-state index in [0.717, 1.165) is 29.0 Å². The first-order chi connectivity index (χ1) is 16.5. The van der Waals surface area contributed by atoms with E-state index in [1.165, 1.54) is 0 Å². The van der Waals surface area contributed by atoms with Gasteiger partial charge in [0.25, 0.3) is 5.91 Å². The van der Waals surface area contributed by atoms with Crippen molar-refractivity contribution in [1.29, 1.82) is 0 Å². The second kappa shape index (κ2) is 10.5. The van der Waals surface area contributed by atoms with Crippen molar-refractivity contribution in [2.75, 3.05) is 33.3 Å². The van der Waals surface area contributed by atoms with Gasteiger partial charge in [-0.15, -0.1) is 5.10 Å². The number of rotatable bonds is 6. The van der Waals surface area contributed by atoms with E-state index in [-0.39, 0.29) is 11.8 Å². The first-order valence-corrected chi connectivity index (χ1v) is 11.7. The molecule has 0 atom stereocenters. The van der Waals surface area contributed by atoms with Gasteiger partial charge in [-0.25, -0.2) is 4.68 Å². The second-order valence-corrected chi connectivity index (χ2v) is 8.65. The van der Waals surface area contributed by atoms with Gasteiger partial charge >= 0.3 is 0 Å². The Morgan fingerprint density at radius 2 is 1.59 bits per heavy atom. The maximum Gasteiger partial charge on any atom is 0.276 e. The Morgan fingerprint density at radius 1 is 0.912 bits per heavy atom. The third-order valence-electron chi connectivity index (χ3n) is 6.30. The third-order valence-corrected chi connectivity index (χ3v) is 6.30. The Balaban J connectivity index is 1.35. The summed E-state index contributed by atoms with van der Waals surface area (Å²) in [5.74, 6) is 0.788. The van der Waals surface area contributed by atoms with Crippen LogP contribution in [0.3, 0.4) is 0 Å². The molecule has 2 amide bonds. The van der Waals surface area contributed by atoms with E-state index < -0.39 is 0 Å². The molecule has 8 nitrogen and oxygen atoms in total. The van der Waals surface area contributed by atoms with Crippen LogP contribution in [0.2, 0.25) is 0 Å². The molecular weight excluding hydrogens is 430 g/mol. The van der Waals surface area contributed by atoms with Gasteiger partial charge in [0, 0.05) is 32.6 Å². The summed E-state index contributed by atoms with van der Waals surface area (Å²) in [4.78, 5) is 29.7. The molecule has 178 valence electrons. The first kappa shape index (κ1) is 23.5. The number of methoxy groups -OCH3 is 1. The Morgan fingerprint density at radius 3 is 2.29 bits per heavy atom. The Kier molecular flexibility index (Phi) is 7.25. The van der Waals surface area contributed by atoms with Gasteiger partial charge in [-0.1, -0.05) is 35.0 Å². The van der Waals surface area contributed by atoms with Crippen LogP contribution in [0.1, 0.15) is 40.2 Å². The van der Waals surface area contributed by atoms with Crippen LogP contribution in [0.4, 0.5) is 0 Å². The number of carbonyl (C=O) groups is 2. The zero-order chi connectivity index (χ0) is 24.1. The number of hydrogen-bond donors (Lipinski definition) is 0. The highest BCUT2D eigenvalue weighted by molar-refractivity contribution is 5.93. The fourth-order valence-corrected chi connectivity index (χ4v) is 4.18. The fourth-order valence-electron chi connectivity index (χ4n) is 4.18. The van der Waals surface area contributed by atoms with Crippen molar-refractivity contribution in [1.82, 2.24) is 24.8 Å². The zero-order valence-corrected chi connectivity index (χ0v) is 20.0.